The summed E-state index contributed by atoms with van der Waals surface area (Å²) >= 11 is 3.09. The number of benzene rings is 1. The molecule has 1 aliphatic heterocycles. The lowest BCUT2D eigenvalue weighted by atomic mass is 10.2. The zero-order valence-electron chi connectivity index (χ0n) is 10.5. The van der Waals surface area contributed by atoms with Crippen LogP contribution in [0.5, 0.6) is 0 Å². The van der Waals surface area contributed by atoms with E-state index in [1.165, 1.54) is 18.2 Å². The van der Waals surface area contributed by atoms with Crippen LogP contribution in [0.3, 0.4) is 0 Å². The smallest absolute Gasteiger partial charge is 0.335 e. The summed E-state index contributed by atoms with van der Waals surface area (Å²) in [4.78, 5) is 10.8. The molecule has 20 heavy (non-hydrogen) atoms. The molecule has 0 amide bonds. The molecule has 0 saturated carbocycles. The Kier molecular flexibility index (Phi) is 4.79. The van der Waals surface area contributed by atoms with Crippen molar-refractivity contribution in [2.75, 3.05) is 13.2 Å². The fraction of sp³-hybridized carbons (Fsp3) is 0.417. The third-order valence-corrected chi connectivity index (χ3v) is 5.39. The van der Waals surface area contributed by atoms with Crippen molar-refractivity contribution < 1.29 is 23.1 Å². The molecule has 0 spiro atoms. The van der Waals surface area contributed by atoms with E-state index >= 15 is 0 Å². The van der Waals surface area contributed by atoms with E-state index < -0.39 is 16.0 Å². The second-order valence-corrected chi connectivity index (χ2v) is 7.03. The summed E-state index contributed by atoms with van der Waals surface area (Å²) in [5, 5.41) is 8.85. The Labute approximate surface area is 125 Å². The van der Waals surface area contributed by atoms with Gasteiger partial charge in [-0.2, -0.15) is 0 Å². The summed E-state index contributed by atoms with van der Waals surface area (Å²) in [6.07, 6.45) is 1.67. The number of aromatic carboxylic acids is 1. The van der Waals surface area contributed by atoms with Gasteiger partial charge >= 0.3 is 5.97 Å². The first kappa shape index (κ1) is 15.4. The van der Waals surface area contributed by atoms with Gasteiger partial charge in [0.05, 0.1) is 16.6 Å². The predicted octanol–water partition coefficient (Wildman–Crippen LogP) is 1.60. The molecule has 0 aromatic heterocycles. The van der Waals surface area contributed by atoms with Crippen molar-refractivity contribution in [1.29, 1.82) is 0 Å². The second kappa shape index (κ2) is 6.21. The lowest BCUT2D eigenvalue weighted by Crippen LogP contribution is -2.32. The number of rotatable bonds is 5. The molecule has 2 rings (SSSR count). The van der Waals surface area contributed by atoms with Gasteiger partial charge < -0.3 is 9.84 Å². The molecule has 0 radical (unpaired) electrons. The second-order valence-electron chi connectivity index (χ2n) is 4.44. The number of ether oxygens (including phenoxy) is 1. The van der Waals surface area contributed by atoms with Gasteiger partial charge in [-0.15, -0.1) is 0 Å². The van der Waals surface area contributed by atoms with Gasteiger partial charge in [0.1, 0.15) is 0 Å². The van der Waals surface area contributed by atoms with E-state index in [0.29, 0.717) is 6.61 Å². The van der Waals surface area contributed by atoms with Crippen molar-refractivity contribution in [3.8, 4) is 0 Å². The van der Waals surface area contributed by atoms with E-state index in [4.69, 9.17) is 9.84 Å². The molecule has 1 heterocycles. The van der Waals surface area contributed by atoms with Gasteiger partial charge in [-0.05, 0) is 47.0 Å². The number of hydrogen-bond acceptors (Lipinski definition) is 4. The molecule has 1 atom stereocenters. The Balaban J connectivity index is 2.14. The van der Waals surface area contributed by atoms with Gasteiger partial charge in [0.15, 0.2) is 0 Å². The lowest BCUT2D eigenvalue weighted by Gasteiger charge is -2.12. The van der Waals surface area contributed by atoms with E-state index in [-0.39, 0.29) is 27.6 Å². The molecule has 6 nitrogen and oxygen atoms in total. The topological polar surface area (TPSA) is 92.7 Å². The highest BCUT2D eigenvalue weighted by molar-refractivity contribution is 9.10. The molecule has 2 N–H and O–H groups in total. The Morgan fingerprint density at radius 3 is 2.80 bits per heavy atom. The fourth-order valence-corrected chi connectivity index (χ4v) is 4.08. The summed E-state index contributed by atoms with van der Waals surface area (Å²) in [6, 6.07) is 3.79. The lowest BCUT2D eigenvalue weighted by molar-refractivity contribution is 0.0696. The van der Waals surface area contributed by atoms with Crippen LogP contribution < -0.4 is 4.72 Å². The molecule has 1 aliphatic rings. The Morgan fingerprint density at radius 1 is 1.50 bits per heavy atom. The predicted molar refractivity (Wildman–Crippen MR) is 75.3 cm³/mol. The molecular formula is C12H14BrNO5S. The number of carboxylic acids is 1. The highest BCUT2D eigenvalue weighted by Crippen LogP contribution is 2.23. The molecule has 110 valence electrons. The Hall–Kier alpha value is -0.960. The largest absolute Gasteiger partial charge is 0.478 e. The van der Waals surface area contributed by atoms with Crippen molar-refractivity contribution in [2.24, 2.45) is 0 Å². The van der Waals surface area contributed by atoms with Crippen LogP contribution in [-0.4, -0.2) is 38.7 Å². The van der Waals surface area contributed by atoms with Crippen LogP contribution in [-0.2, 0) is 14.8 Å². The van der Waals surface area contributed by atoms with Gasteiger partial charge in [0.2, 0.25) is 10.0 Å². The normalized spacial score (nSPS) is 19.1. The third kappa shape index (κ3) is 3.57. The van der Waals surface area contributed by atoms with Crippen LogP contribution in [0.25, 0.3) is 0 Å². The van der Waals surface area contributed by atoms with Gasteiger partial charge in [0, 0.05) is 17.6 Å². The molecule has 0 aliphatic carbocycles. The first-order valence-corrected chi connectivity index (χ1v) is 8.32. The molecule has 0 bridgehead atoms. The number of halogens is 1. The summed E-state index contributed by atoms with van der Waals surface area (Å²) in [5.41, 5.74) is 0.0231. The molecule has 1 saturated heterocycles. The summed E-state index contributed by atoms with van der Waals surface area (Å²) in [5.74, 6) is -1.11. The quantitative estimate of drug-likeness (QED) is 0.828. The SMILES string of the molecule is O=C(O)c1ccc(S(=O)(=O)NCC2CCCO2)c(Br)c1. The fourth-order valence-electron chi connectivity index (χ4n) is 1.94. The number of carbonyl (C=O) groups is 1. The zero-order chi connectivity index (χ0) is 14.8. The highest BCUT2D eigenvalue weighted by atomic mass is 79.9. The maximum absolute atomic E-state index is 12.1. The van der Waals surface area contributed by atoms with E-state index in [9.17, 15) is 13.2 Å². The van der Waals surface area contributed by atoms with Gasteiger partial charge in [-0.3, -0.25) is 0 Å². The minimum Gasteiger partial charge on any atom is -0.478 e. The summed E-state index contributed by atoms with van der Waals surface area (Å²) in [6.45, 7) is 0.874. The molecule has 8 heteroatoms. The van der Waals surface area contributed by atoms with Crippen molar-refractivity contribution in [1.82, 2.24) is 4.72 Å². The molecule has 1 fully saturated rings. The minimum atomic E-state index is -3.69. The standard InChI is InChI=1S/C12H14BrNO5S/c13-10-6-8(12(15)16)3-4-11(10)20(17,18)14-7-9-2-1-5-19-9/h3-4,6,9,14H,1-2,5,7H2,(H,15,16). The number of carboxylic acid groups (broad SMARTS) is 1. The molecule has 1 unspecified atom stereocenters. The monoisotopic (exact) mass is 363 g/mol. The molecule has 1 aromatic carbocycles. The first-order chi connectivity index (χ1) is 9.40. The van der Waals surface area contributed by atoms with Crippen LogP contribution in [0.1, 0.15) is 23.2 Å². The van der Waals surface area contributed by atoms with E-state index in [0.717, 1.165) is 12.8 Å². The van der Waals surface area contributed by atoms with Gasteiger partial charge in [-0.25, -0.2) is 17.9 Å². The van der Waals surface area contributed by atoms with Crippen LogP contribution in [0.15, 0.2) is 27.6 Å². The Bertz CT molecular complexity index is 610. The minimum absolute atomic E-state index is 0.0143. The van der Waals surface area contributed by atoms with Gasteiger partial charge in [-0.1, -0.05) is 0 Å². The number of nitrogens with one attached hydrogen (secondary N) is 1. The average molecular weight is 364 g/mol. The maximum atomic E-state index is 12.1. The third-order valence-electron chi connectivity index (χ3n) is 2.99. The van der Waals surface area contributed by atoms with Crippen LogP contribution in [0, 0.1) is 0 Å². The summed E-state index contributed by atoms with van der Waals surface area (Å²) < 4.78 is 32.3. The van der Waals surface area contributed by atoms with Crippen molar-refractivity contribution in [3.05, 3.63) is 28.2 Å². The highest BCUT2D eigenvalue weighted by Gasteiger charge is 2.22. The van der Waals surface area contributed by atoms with E-state index in [1.807, 2.05) is 0 Å². The van der Waals surface area contributed by atoms with Crippen LogP contribution >= 0.6 is 15.9 Å². The molecule has 1 aromatic rings. The molecular weight excluding hydrogens is 350 g/mol. The first-order valence-electron chi connectivity index (χ1n) is 6.04. The van der Waals surface area contributed by atoms with E-state index in [1.54, 1.807) is 0 Å². The van der Waals surface area contributed by atoms with Crippen LogP contribution in [0.4, 0.5) is 0 Å². The van der Waals surface area contributed by atoms with E-state index in [2.05, 4.69) is 20.7 Å². The van der Waals surface area contributed by atoms with Crippen molar-refractivity contribution in [2.45, 2.75) is 23.8 Å². The number of sulfonamides is 1. The van der Waals surface area contributed by atoms with Gasteiger partial charge in [0.25, 0.3) is 0 Å². The maximum Gasteiger partial charge on any atom is 0.335 e. The zero-order valence-corrected chi connectivity index (χ0v) is 12.9. The Morgan fingerprint density at radius 2 is 2.25 bits per heavy atom. The van der Waals surface area contributed by atoms with Crippen LogP contribution in [0.2, 0.25) is 0 Å². The average Bonchev–Trinajstić information content (AvgIpc) is 2.89. The number of hydrogen-bond donors (Lipinski definition) is 2. The van der Waals surface area contributed by atoms with Crippen molar-refractivity contribution in [3.63, 3.8) is 0 Å². The summed E-state index contributed by atoms with van der Waals surface area (Å²) in [7, 11) is -3.69. The van der Waals surface area contributed by atoms with Crippen molar-refractivity contribution >= 4 is 31.9 Å².